The van der Waals surface area contributed by atoms with Crippen LogP contribution in [0.2, 0.25) is 0 Å². The molecule has 0 spiro atoms. The molecular weight excluding hydrogens is 601 g/mol. The molecule has 0 atom stereocenters. The van der Waals surface area contributed by atoms with Crippen LogP contribution >= 0.6 is 0 Å². The van der Waals surface area contributed by atoms with Gasteiger partial charge in [-0.25, -0.2) is 9.97 Å². The maximum Gasteiger partial charge on any atom is 0.0693 e. The standard InChI is InChI=1S/C43H50N6/c1-11-29-22(6)34-20-38-32(14-4)25(9)42(48-38)40-23(7)30(12-2)35(46-40)18-27-16-17-28(44-27)19-36-31(13-3)24(8)41(47-36)43-26(10)33(15-5)39(49-43)21-37(29)45-34/h16-21,46-49H,11-15H2,1-10H3. The second-order valence-corrected chi connectivity index (χ2v) is 13.7. The van der Waals surface area contributed by atoms with Crippen LogP contribution in [0.25, 0.3) is 67.4 Å². The Morgan fingerprint density at radius 1 is 0.429 bits per heavy atom. The van der Waals surface area contributed by atoms with Gasteiger partial charge in [0, 0.05) is 22.1 Å². The Morgan fingerprint density at radius 2 is 0.776 bits per heavy atom. The summed E-state index contributed by atoms with van der Waals surface area (Å²) in [6.07, 6.45) is 8.93. The van der Waals surface area contributed by atoms with E-state index in [4.69, 9.17) is 9.97 Å². The van der Waals surface area contributed by atoms with Gasteiger partial charge in [0.25, 0.3) is 0 Å². The van der Waals surface area contributed by atoms with Crippen molar-refractivity contribution in [3.63, 3.8) is 0 Å². The number of aromatic amines is 4. The summed E-state index contributed by atoms with van der Waals surface area (Å²) >= 11 is 0. The van der Waals surface area contributed by atoms with Crippen LogP contribution in [0.3, 0.4) is 0 Å². The van der Waals surface area contributed by atoms with Crippen molar-refractivity contribution >= 4 is 67.4 Å². The van der Waals surface area contributed by atoms with E-state index in [0.717, 1.165) is 99.0 Å². The second-order valence-electron chi connectivity index (χ2n) is 13.7. The molecule has 4 N–H and O–H groups in total. The summed E-state index contributed by atoms with van der Waals surface area (Å²) in [5.41, 5.74) is 26.1. The fourth-order valence-electron chi connectivity index (χ4n) is 8.40. The van der Waals surface area contributed by atoms with Gasteiger partial charge in [0.2, 0.25) is 0 Å². The molecule has 49 heavy (non-hydrogen) atoms. The predicted octanol–water partition coefficient (Wildman–Crippen LogP) is 11.4. The van der Waals surface area contributed by atoms with E-state index in [2.05, 4.69) is 126 Å². The van der Waals surface area contributed by atoms with Gasteiger partial charge in [0.05, 0.1) is 44.8 Å². The summed E-state index contributed by atoms with van der Waals surface area (Å²) in [7, 11) is 0. The topological polar surface area (TPSA) is 88.9 Å². The summed E-state index contributed by atoms with van der Waals surface area (Å²) in [5, 5.41) is 0. The van der Waals surface area contributed by atoms with E-state index in [1.807, 2.05) is 0 Å². The number of nitrogens with one attached hydrogen (secondary N) is 4. The first-order chi connectivity index (χ1) is 23.6. The Balaban J connectivity index is 1.67. The highest BCUT2D eigenvalue weighted by atomic mass is 14.8. The number of hydrogen-bond donors (Lipinski definition) is 4. The average molecular weight is 651 g/mol. The molecule has 0 radical (unpaired) electrons. The van der Waals surface area contributed by atoms with E-state index in [1.54, 1.807) is 0 Å². The molecule has 7 rings (SSSR count). The normalized spacial score (nSPS) is 12.9. The summed E-state index contributed by atoms with van der Waals surface area (Å²) in [4.78, 5) is 25.7. The molecule has 5 aromatic heterocycles. The molecule has 2 aliphatic rings. The molecule has 0 aromatic carbocycles. The molecule has 2 aliphatic heterocycles. The van der Waals surface area contributed by atoms with E-state index in [1.165, 1.54) is 55.7 Å². The second kappa shape index (κ2) is 12.6. The van der Waals surface area contributed by atoms with Gasteiger partial charge < -0.3 is 19.9 Å². The summed E-state index contributed by atoms with van der Waals surface area (Å²) in [5.74, 6) is 0. The Hall–Kier alpha value is -4.84. The van der Waals surface area contributed by atoms with Crippen molar-refractivity contribution in [1.29, 1.82) is 0 Å². The minimum Gasteiger partial charge on any atom is -0.353 e. The van der Waals surface area contributed by atoms with Crippen molar-refractivity contribution in [2.45, 2.75) is 101 Å². The quantitative estimate of drug-likeness (QED) is 0.150. The van der Waals surface area contributed by atoms with Gasteiger partial charge in [-0.05, 0) is 159 Å². The Labute approximate surface area is 289 Å². The van der Waals surface area contributed by atoms with Crippen molar-refractivity contribution in [2.24, 2.45) is 0 Å². The Morgan fingerprint density at radius 3 is 1.12 bits per heavy atom. The van der Waals surface area contributed by atoms with Gasteiger partial charge in [-0.3, -0.25) is 0 Å². The number of allylic oxidation sites excluding steroid dienone is 2. The number of aromatic nitrogens is 6. The zero-order chi connectivity index (χ0) is 34.7. The lowest BCUT2D eigenvalue weighted by atomic mass is 10.0. The zero-order valence-corrected chi connectivity index (χ0v) is 30.9. The lowest BCUT2D eigenvalue weighted by Gasteiger charge is -2.00. The number of aryl methyl sites for hydroxylation is 8. The summed E-state index contributed by atoms with van der Waals surface area (Å²) in [6, 6.07) is 8.96. The molecule has 0 saturated heterocycles. The van der Waals surface area contributed by atoms with Crippen molar-refractivity contribution in [2.75, 3.05) is 0 Å². The van der Waals surface area contributed by atoms with Crippen LogP contribution in [-0.2, 0) is 25.7 Å². The minimum absolute atomic E-state index is 0.926. The molecule has 0 amide bonds. The van der Waals surface area contributed by atoms with Gasteiger partial charge in [-0.2, -0.15) is 0 Å². The molecule has 0 unspecified atom stereocenters. The number of nitrogens with zero attached hydrogens (tertiary/aromatic N) is 2. The maximum atomic E-state index is 5.31. The van der Waals surface area contributed by atoms with Crippen molar-refractivity contribution in [1.82, 2.24) is 29.9 Å². The van der Waals surface area contributed by atoms with Gasteiger partial charge >= 0.3 is 0 Å². The van der Waals surface area contributed by atoms with Crippen LogP contribution in [0, 0.1) is 27.7 Å². The third-order valence-electron chi connectivity index (χ3n) is 11.1. The van der Waals surface area contributed by atoms with Crippen LogP contribution in [0.4, 0.5) is 0 Å². The molecule has 252 valence electrons. The van der Waals surface area contributed by atoms with Crippen LogP contribution in [0.15, 0.2) is 24.3 Å². The molecular formula is C43H50N6. The van der Waals surface area contributed by atoms with Gasteiger partial charge in [-0.15, -0.1) is 0 Å². The van der Waals surface area contributed by atoms with Gasteiger partial charge in [0.15, 0.2) is 0 Å². The fraction of sp³-hybridized carbons (Fsp3) is 0.349. The van der Waals surface area contributed by atoms with E-state index >= 15 is 0 Å². The Bertz CT molecular complexity index is 2470. The first-order valence-electron chi connectivity index (χ1n) is 18.2. The molecule has 12 bridgehead atoms. The number of hydrogen-bond acceptors (Lipinski definition) is 2. The monoisotopic (exact) mass is 650 g/mol. The van der Waals surface area contributed by atoms with Crippen molar-refractivity contribution in [3.8, 4) is 0 Å². The Kier molecular flexibility index (Phi) is 8.38. The third-order valence-corrected chi connectivity index (χ3v) is 11.1. The highest BCUT2D eigenvalue weighted by molar-refractivity contribution is 5.95. The SMILES string of the molecule is CCC1=C(C)c2cc3[nH]c(c(C)c3CC)c3[nH]c(cc4nc(cc5[nH]c(c(C)c5CC)c5[nH]c(cc1n2)c(CC)c5C)C=C4)c(CC)c3C. The van der Waals surface area contributed by atoms with Gasteiger partial charge in [-0.1, -0.05) is 34.6 Å². The largest absolute Gasteiger partial charge is 0.353 e. The molecule has 7 heterocycles. The van der Waals surface area contributed by atoms with E-state index in [-0.39, 0.29) is 0 Å². The van der Waals surface area contributed by atoms with Crippen LogP contribution < -0.4 is 0 Å². The van der Waals surface area contributed by atoms with Crippen molar-refractivity contribution < 1.29 is 0 Å². The number of rotatable bonds is 5. The van der Waals surface area contributed by atoms with E-state index < -0.39 is 0 Å². The molecule has 5 aromatic rings. The smallest absolute Gasteiger partial charge is 0.0693 e. The lowest BCUT2D eigenvalue weighted by molar-refractivity contribution is 1.14. The lowest BCUT2D eigenvalue weighted by Crippen LogP contribution is -1.83. The van der Waals surface area contributed by atoms with E-state index in [9.17, 15) is 0 Å². The molecule has 0 fully saturated rings. The van der Waals surface area contributed by atoms with Crippen LogP contribution in [-0.4, -0.2) is 29.9 Å². The van der Waals surface area contributed by atoms with Crippen LogP contribution in [0.1, 0.15) is 115 Å². The average Bonchev–Trinajstić information content (AvgIpc) is 3.91. The van der Waals surface area contributed by atoms with E-state index in [0.29, 0.717) is 0 Å². The summed E-state index contributed by atoms with van der Waals surface area (Å²) in [6.45, 7) is 22.4. The highest BCUT2D eigenvalue weighted by Crippen LogP contribution is 2.36. The minimum atomic E-state index is 0.926. The third kappa shape index (κ3) is 5.24. The first kappa shape index (κ1) is 32.7. The number of H-pyrrole nitrogens is 4. The van der Waals surface area contributed by atoms with Crippen LogP contribution in [0.5, 0.6) is 0 Å². The van der Waals surface area contributed by atoms with Gasteiger partial charge in [0.1, 0.15) is 0 Å². The number of fused-ring (bicyclic) bond motifs is 14. The summed E-state index contributed by atoms with van der Waals surface area (Å²) < 4.78 is 0. The zero-order valence-electron chi connectivity index (χ0n) is 30.9. The maximum absolute atomic E-state index is 5.31. The highest BCUT2D eigenvalue weighted by Gasteiger charge is 2.19. The molecule has 0 saturated carbocycles. The predicted molar refractivity (Wildman–Crippen MR) is 211 cm³/mol. The fourth-order valence-corrected chi connectivity index (χ4v) is 8.40. The first-order valence-corrected chi connectivity index (χ1v) is 18.2. The van der Waals surface area contributed by atoms with Crippen molar-refractivity contribution in [3.05, 3.63) is 91.5 Å². The molecule has 6 nitrogen and oxygen atoms in total. The molecule has 6 heteroatoms. The molecule has 0 aliphatic carbocycles.